The molecule has 1 aromatic rings. The van der Waals surface area contributed by atoms with Crippen molar-refractivity contribution in [3.63, 3.8) is 0 Å². The fourth-order valence-electron chi connectivity index (χ4n) is 2.29. The summed E-state index contributed by atoms with van der Waals surface area (Å²) in [6.45, 7) is 1.24. The molecule has 1 aliphatic carbocycles. The van der Waals surface area contributed by atoms with Gasteiger partial charge >= 0.3 is 0 Å². The molecule has 1 heterocycles. The third-order valence-electron chi connectivity index (χ3n) is 3.30. The lowest BCUT2D eigenvalue weighted by atomic mass is 10.0. The minimum absolute atomic E-state index is 0.347. The summed E-state index contributed by atoms with van der Waals surface area (Å²) in [5.41, 5.74) is 1.25. The van der Waals surface area contributed by atoms with Crippen molar-refractivity contribution in [1.82, 2.24) is 5.32 Å². The molecule has 2 aliphatic rings. The molecule has 0 amide bonds. The highest BCUT2D eigenvalue weighted by atomic mass is 16.7. The van der Waals surface area contributed by atoms with Crippen LogP contribution in [0, 0.1) is 0 Å². The highest BCUT2D eigenvalue weighted by Gasteiger charge is 2.14. The van der Waals surface area contributed by atoms with Crippen LogP contribution in [0.25, 0.3) is 0 Å². The summed E-state index contributed by atoms with van der Waals surface area (Å²) in [4.78, 5) is 0. The van der Waals surface area contributed by atoms with E-state index >= 15 is 0 Å². The molecule has 0 radical (unpaired) electrons. The van der Waals surface area contributed by atoms with Crippen LogP contribution in [0.1, 0.15) is 24.8 Å². The fourth-order valence-corrected chi connectivity index (χ4v) is 2.29. The van der Waals surface area contributed by atoms with Crippen LogP contribution >= 0.6 is 0 Å². The predicted molar refractivity (Wildman–Crippen MR) is 66.2 cm³/mol. The van der Waals surface area contributed by atoms with Gasteiger partial charge in [0.1, 0.15) is 0 Å². The zero-order valence-corrected chi connectivity index (χ0v) is 9.82. The molecule has 0 saturated heterocycles. The summed E-state index contributed by atoms with van der Waals surface area (Å²) in [6.07, 6.45) is 8.10. The van der Waals surface area contributed by atoms with Crippen LogP contribution in [0.2, 0.25) is 0 Å². The molecule has 0 bridgehead atoms. The largest absolute Gasteiger partial charge is 0.454 e. The molecule has 3 heteroatoms. The van der Waals surface area contributed by atoms with Gasteiger partial charge in [-0.25, -0.2) is 0 Å². The molecule has 3 nitrogen and oxygen atoms in total. The van der Waals surface area contributed by atoms with Crippen molar-refractivity contribution >= 4 is 0 Å². The summed E-state index contributed by atoms with van der Waals surface area (Å²) in [5.74, 6) is 1.72. The van der Waals surface area contributed by atoms with Gasteiger partial charge < -0.3 is 14.8 Å². The van der Waals surface area contributed by atoms with E-state index in [0.717, 1.165) is 24.5 Å². The first kappa shape index (κ1) is 10.7. The Balaban J connectivity index is 1.59. The van der Waals surface area contributed by atoms with E-state index in [0.29, 0.717) is 12.8 Å². The molecule has 1 aromatic carbocycles. The number of hydrogen-bond donors (Lipinski definition) is 1. The maximum Gasteiger partial charge on any atom is 0.231 e. The molecule has 0 spiro atoms. The molecule has 0 saturated carbocycles. The molecule has 1 unspecified atom stereocenters. The van der Waals surface area contributed by atoms with Crippen LogP contribution in [-0.4, -0.2) is 12.8 Å². The highest BCUT2D eigenvalue weighted by molar-refractivity contribution is 5.44. The summed E-state index contributed by atoms with van der Waals surface area (Å²) < 4.78 is 10.7. The predicted octanol–water partition coefficient (Wildman–Crippen LogP) is 2.61. The van der Waals surface area contributed by atoms with E-state index in [1.165, 1.54) is 18.4 Å². The van der Waals surface area contributed by atoms with Crippen LogP contribution < -0.4 is 14.8 Å². The van der Waals surface area contributed by atoms with Crippen molar-refractivity contribution in [1.29, 1.82) is 0 Å². The van der Waals surface area contributed by atoms with Crippen molar-refractivity contribution in [3.05, 3.63) is 35.9 Å². The summed E-state index contributed by atoms with van der Waals surface area (Å²) in [6, 6.07) is 6.76. The van der Waals surface area contributed by atoms with Crippen LogP contribution in [0.3, 0.4) is 0 Å². The molecular weight excluding hydrogens is 214 g/mol. The van der Waals surface area contributed by atoms with Gasteiger partial charge in [0.2, 0.25) is 6.79 Å². The molecule has 1 aliphatic heterocycles. The minimum atomic E-state index is 0.347. The van der Waals surface area contributed by atoms with E-state index < -0.39 is 0 Å². The van der Waals surface area contributed by atoms with Crippen molar-refractivity contribution in [2.75, 3.05) is 6.79 Å². The molecule has 0 aromatic heterocycles. The molecule has 17 heavy (non-hydrogen) atoms. The second-order valence-electron chi connectivity index (χ2n) is 4.55. The second kappa shape index (κ2) is 4.80. The first-order chi connectivity index (χ1) is 8.42. The number of ether oxygens (including phenoxy) is 2. The molecule has 3 rings (SSSR count). The quantitative estimate of drug-likeness (QED) is 0.811. The number of nitrogens with one attached hydrogen (secondary N) is 1. The number of fused-ring (bicyclic) bond motifs is 1. The molecule has 0 fully saturated rings. The second-order valence-corrected chi connectivity index (χ2v) is 4.55. The van der Waals surface area contributed by atoms with Gasteiger partial charge in [-0.05, 0) is 37.0 Å². The first-order valence-electron chi connectivity index (χ1n) is 6.19. The lowest BCUT2D eigenvalue weighted by Crippen LogP contribution is -2.29. The van der Waals surface area contributed by atoms with Crippen molar-refractivity contribution in [3.8, 4) is 11.5 Å². The summed E-state index contributed by atoms with van der Waals surface area (Å²) in [5, 5.41) is 3.58. The third-order valence-corrected chi connectivity index (χ3v) is 3.30. The molecule has 1 N–H and O–H groups in total. The third kappa shape index (κ3) is 2.44. The van der Waals surface area contributed by atoms with Crippen LogP contribution in [-0.2, 0) is 6.54 Å². The number of allylic oxidation sites excluding steroid dienone is 1. The van der Waals surface area contributed by atoms with Gasteiger partial charge in [-0.3, -0.25) is 0 Å². The van der Waals surface area contributed by atoms with Crippen LogP contribution in [0.15, 0.2) is 30.4 Å². The van der Waals surface area contributed by atoms with E-state index in [1.54, 1.807) is 0 Å². The standard InChI is InChI=1S/C14H17NO2/c1-2-4-12(5-3-1)15-9-11-6-7-13-14(8-11)17-10-16-13/h1-2,6-8,12,15H,3-5,9-10H2. The Morgan fingerprint density at radius 3 is 3.00 bits per heavy atom. The van der Waals surface area contributed by atoms with Gasteiger partial charge in [-0.1, -0.05) is 18.2 Å². The van der Waals surface area contributed by atoms with E-state index in [1.807, 2.05) is 6.07 Å². The smallest absolute Gasteiger partial charge is 0.231 e. The van der Waals surface area contributed by atoms with E-state index in [2.05, 4.69) is 29.6 Å². The van der Waals surface area contributed by atoms with E-state index in [-0.39, 0.29) is 0 Å². The average Bonchev–Trinajstić information content (AvgIpc) is 2.85. The number of benzene rings is 1. The Kier molecular flexibility index (Phi) is 3.01. The number of rotatable bonds is 3. The van der Waals surface area contributed by atoms with Crippen molar-refractivity contribution in [2.45, 2.75) is 31.8 Å². The van der Waals surface area contributed by atoms with Gasteiger partial charge in [-0.15, -0.1) is 0 Å². The van der Waals surface area contributed by atoms with Gasteiger partial charge in [0, 0.05) is 12.6 Å². The normalized spacial score (nSPS) is 21.8. The van der Waals surface area contributed by atoms with Crippen molar-refractivity contribution < 1.29 is 9.47 Å². The van der Waals surface area contributed by atoms with Gasteiger partial charge in [0.25, 0.3) is 0 Å². The Morgan fingerprint density at radius 2 is 2.12 bits per heavy atom. The highest BCUT2D eigenvalue weighted by Crippen LogP contribution is 2.32. The van der Waals surface area contributed by atoms with Gasteiger partial charge in [-0.2, -0.15) is 0 Å². The Morgan fingerprint density at radius 1 is 1.18 bits per heavy atom. The summed E-state index contributed by atoms with van der Waals surface area (Å²) >= 11 is 0. The summed E-state index contributed by atoms with van der Waals surface area (Å²) in [7, 11) is 0. The zero-order valence-electron chi connectivity index (χ0n) is 9.82. The minimum Gasteiger partial charge on any atom is -0.454 e. The lowest BCUT2D eigenvalue weighted by molar-refractivity contribution is 0.174. The van der Waals surface area contributed by atoms with Crippen LogP contribution in [0.5, 0.6) is 11.5 Å². The van der Waals surface area contributed by atoms with Crippen LogP contribution in [0.4, 0.5) is 0 Å². The SMILES string of the molecule is C1=CCC(NCc2ccc3c(c2)OCO3)CC1. The molecular formula is C14H17NO2. The Hall–Kier alpha value is -1.48. The van der Waals surface area contributed by atoms with Gasteiger partial charge in [0.15, 0.2) is 11.5 Å². The van der Waals surface area contributed by atoms with Crippen molar-refractivity contribution in [2.24, 2.45) is 0 Å². The average molecular weight is 231 g/mol. The molecule has 90 valence electrons. The van der Waals surface area contributed by atoms with E-state index in [9.17, 15) is 0 Å². The Labute approximate surface area is 101 Å². The maximum absolute atomic E-state index is 5.37. The Bertz CT molecular complexity index is 428. The maximum atomic E-state index is 5.37. The zero-order chi connectivity index (χ0) is 11.5. The lowest BCUT2D eigenvalue weighted by Gasteiger charge is -2.19. The molecule has 1 atom stereocenters. The topological polar surface area (TPSA) is 30.5 Å². The number of hydrogen-bond acceptors (Lipinski definition) is 3. The fraction of sp³-hybridized carbons (Fsp3) is 0.429. The van der Waals surface area contributed by atoms with Gasteiger partial charge in [0.05, 0.1) is 0 Å². The van der Waals surface area contributed by atoms with E-state index in [4.69, 9.17) is 9.47 Å². The first-order valence-corrected chi connectivity index (χ1v) is 6.19. The monoisotopic (exact) mass is 231 g/mol.